The Morgan fingerprint density at radius 1 is 1.00 bits per heavy atom. The van der Waals surface area contributed by atoms with Gasteiger partial charge in [-0.1, -0.05) is 84.0 Å². The number of nitrogens with one attached hydrogen (secondary N) is 1. The molecule has 6 heteroatoms. The fourth-order valence-corrected chi connectivity index (χ4v) is 4.34. The van der Waals surface area contributed by atoms with E-state index in [1.807, 2.05) is 73.7 Å². The van der Waals surface area contributed by atoms with Crippen LogP contribution in [-0.2, 0) is 11.2 Å². The number of aromatic nitrogens is 2. The standard InChI is InChI=1S/C26H24ClN3OS/c1-18(12-13-19-8-4-2-5-9-19)28-24(31)17-32-26-29-23-15-14-21(27)16-22(23)25(30-26)20-10-6-3-7-11-20/h2-11,14-16,18H,12-13,17H2,1H3,(H,28,31). The van der Waals surface area contributed by atoms with Crippen LogP contribution in [0.15, 0.2) is 84.0 Å². The van der Waals surface area contributed by atoms with Crippen LogP contribution in [0, 0.1) is 0 Å². The fourth-order valence-electron chi connectivity index (χ4n) is 3.51. The Kier molecular flexibility index (Phi) is 7.40. The first-order chi connectivity index (χ1) is 15.6. The van der Waals surface area contributed by atoms with Gasteiger partial charge in [0, 0.05) is 22.0 Å². The molecular weight excluding hydrogens is 438 g/mol. The smallest absolute Gasteiger partial charge is 0.230 e. The van der Waals surface area contributed by atoms with Crippen LogP contribution in [0.5, 0.6) is 0 Å². The summed E-state index contributed by atoms with van der Waals surface area (Å²) >= 11 is 7.57. The summed E-state index contributed by atoms with van der Waals surface area (Å²) in [4.78, 5) is 21.9. The Morgan fingerprint density at radius 3 is 2.47 bits per heavy atom. The van der Waals surface area contributed by atoms with Crippen LogP contribution in [0.4, 0.5) is 0 Å². The molecular formula is C26H24ClN3OS. The van der Waals surface area contributed by atoms with Gasteiger partial charge in [-0.2, -0.15) is 0 Å². The van der Waals surface area contributed by atoms with Gasteiger partial charge in [0.1, 0.15) is 0 Å². The number of benzene rings is 3. The molecule has 1 atom stereocenters. The van der Waals surface area contributed by atoms with Crippen molar-refractivity contribution in [2.45, 2.75) is 31.0 Å². The number of amides is 1. The summed E-state index contributed by atoms with van der Waals surface area (Å²) in [6.07, 6.45) is 1.83. The van der Waals surface area contributed by atoms with Gasteiger partial charge in [-0.05, 0) is 43.5 Å². The first kappa shape index (κ1) is 22.3. The molecule has 4 aromatic rings. The topological polar surface area (TPSA) is 54.9 Å². The number of hydrogen-bond acceptors (Lipinski definition) is 4. The van der Waals surface area contributed by atoms with Gasteiger partial charge in [0.2, 0.25) is 5.91 Å². The van der Waals surface area contributed by atoms with Gasteiger partial charge in [-0.25, -0.2) is 9.97 Å². The summed E-state index contributed by atoms with van der Waals surface area (Å²) in [6, 6.07) is 26.0. The molecule has 1 unspecified atom stereocenters. The summed E-state index contributed by atoms with van der Waals surface area (Å²) in [5, 5.41) is 5.19. The summed E-state index contributed by atoms with van der Waals surface area (Å²) < 4.78 is 0. The van der Waals surface area contributed by atoms with Crippen molar-refractivity contribution in [2.24, 2.45) is 0 Å². The number of halogens is 1. The molecule has 0 spiro atoms. The maximum absolute atomic E-state index is 12.5. The Morgan fingerprint density at radius 2 is 1.72 bits per heavy atom. The highest BCUT2D eigenvalue weighted by atomic mass is 35.5. The van der Waals surface area contributed by atoms with E-state index in [1.54, 1.807) is 0 Å². The minimum atomic E-state index is -0.0170. The van der Waals surface area contributed by atoms with Gasteiger partial charge in [-0.3, -0.25) is 4.79 Å². The molecule has 1 aromatic heterocycles. The average molecular weight is 462 g/mol. The second-order valence-electron chi connectivity index (χ2n) is 7.66. The van der Waals surface area contributed by atoms with E-state index in [4.69, 9.17) is 16.6 Å². The summed E-state index contributed by atoms with van der Waals surface area (Å²) in [5.41, 5.74) is 3.89. The first-order valence-corrected chi connectivity index (χ1v) is 11.9. The molecule has 1 amide bonds. The van der Waals surface area contributed by atoms with Gasteiger partial charge in [0.25, 0.3) is 0 Å². The predicted molar refractivity (Wildman–Crippen MR) is 133 cm³/mol. The largest absolute Gasteiger partial charge is 0.353 e. The minimum absolute atomic E-state index is 0.0170. The molecule has 4 rings (SSSR count). The van der Waals surface area contributed by atoms with Crippen molar-refractivity contribution in [3.63, 3.8) is 0 Å². The van der Waals surface area contributed by atoms with Crippen LogP contribution in [0.1, 0.15) is 18.9 Å². The highest BCUT2D eigenvalue weighted by Gasteiger charge is 2.13. The maximum atomic E-state index is 12.5. The zero-order chi connectivity index (χ0) is 22.3. The zero-order valence-corrected chi connectivity index (χ0v) is 19.4. The molecule has 0 fully saturated rings. The number of thioether (sulfide) groups is 1. The number of rotatable bonds is 8. The monoisotopic (exact) mass is 461 g/mol. The van der Waals surface area contributed by atoms with Crippen LogP contribution in [0.3, 0.4) is 0 Å². The Bertz CT molecular complexity index is 1200. The van der Waals surface area contributed by atoms with E-state index >= 15 is 0 Å². The molecule has 4 nitrogen and oxygen atoms in total. The molecule has 0 aliphatic rings. The van der Waals surface area contributed by atoms with Crippen molar-refractivity contribution in [3.05, 3.63) is 89.4 Å². The lowest BCUT2D eigenvalue weighted by Crippen LogP contribution is -2.34. The van der Waals surface area contributed by atoms with Gasteiger partial charge in [0.15, 0.2) is 5.16 Å². The molecule has 0 bridgehead atoms. The van der Waals surface area contributed by atoms with E-state index in [0.29, 0.717) is 10.2 Å². The third-order valence-electron chi connectivity index (χ3n) is 5.13. The third kappa shape index (κ3) is 5.87. The zero-order valence-electron chi connectivity index (χ0n) is 17.8. The molecule has 0 saturated carbocycles. The number of carbonyl (C=O) groups excluding carboxylic acids is 1. The van der Waals surface area contributed by atoms with Gasteiger partial charge < -0.3 is 5.32 Å². The molecule has 0 aliphatic carbocycles. The molecule has 1 N–H and O–H groups in total. The van der Waals surface area contributed by atoms with Crippen LogP contribution in [0.2, 0.25) is 5.02 Å². The summed E-state index contributed by atoms with van der Waals surface area (Å²) in [6.45, 7) is 2.04. The Labute approximate surface area is 197 Å². The second kappa shape index (κ2) is 10.6. The van der Waals surface area contributed by atoms with Crippen molar-refractivity contribution in [1.29, 1.82) is 0 Å². The number of nitrogens with zero attached hydrogens (tertiary/aromatic N) is 2. The van der Waals surface area contributed by atoms with Crippen molar-refractivity contribution >= 4 is 40.2 Å². The van der Waals surface area contributed by atoms with E-state index in [-0.39, 0.29) is 17.7 Å². The first-order valence-electron chi connectivity index (χ1n) is 10.6. The number of carbonyl (C=O) groups is 1. The van der Waals surface area contributed by atoms with Crippen LogP contribution in [-0.4, -0.2) is 27.7 Å². The maximum Gasteiger partial charge on any atom is 0.230 e. The van der Waals surface area contributed by atoms with E-state index in [2.05, 4.69) is 22.4 Å². The van der Waals surface area contributed by atoms with Crippen LogP contribution in [0.25, 0.3) is 22.2 Å². The Balaban J connectivity index is 1.42. The van der Waals surface area contributed by atoms with E-state index in [9.17, 15) is 4.79 Å². The van der Waals surface area contributed by atoms with Crippen molar-refractivity contribution in [1.82, 2.24) is 15.3 Å². The lowest BCUT2D eigenvalue weighted by atomic mass is 10.1. The van der Waals surface area contributed by atoms with Crippen molar-refractivity contribution < 1.29 is 4.79 Å². The summed E-state index contributed by atoms with van der Waals surface area (Å²) in [5.74, 6) is 0.250. The molecule has 0 aliphatic heterocycles. The predicted octanol–water partition coefficient (Wildman–Crippen LogP) is 6.18. The molecule has 3 aromatic carbocycles. The van der Waals surface area contributed by atoms with Gasteiger partial charge in [0.05, 0.1) is 17.0 Å². The fraction of sp³-hybridized carbons (Fsp3) is 0.192. The molecule has 1 heterocycles. The Hall–Kier alpha value is -2.89. The second-order valence-corrected chi connectivity index (χ2v) is 9.04. The quantitative estimate of drug-likeness (QED) is 0.251. The van der Waals surface area contributed by atoms with Crippen LogP contribution < -0.4 is 5.32 Å². The lowest BCUT2D eigenvalue weighted by Gasteiger charge is -2.14. The average Bonchev–Trinajstić information content (AvgIpc) is 2.82. The van der Waals surface area contributed by atoms with Crippen LogP contribution >= 0.6 is 23.4 Å². The molecule has 0 radical (unpaired) electrons. The normalized spacial score (nSPS) is 11.9. The van der Waals surface area contributed by atoms with Gasteiger partial charge in [-0.15, -0.1) is 0 Å². The summed E-state index contributed by atoms with van der Waals surface area (Å²) in [7, 11) is 0. The highest BCUT2D eigenvalue weighted by molar-refractivity contribution is 7.99. The number of fused-ring (bicyclic) bond motifs is 1. The third-order valence-corrected chi connectivity index (χ3v) is 6.22. The highest BCUT2D eigenvalue weighted by Crippen LogP contribution is 2.30. The van der Waals surface area contributed by atoms with Gasteiger partial charge >= 0.3 is 0 Å². The number of hydrogen-bond donors (Lipinski definition) is 1. The van der Waals surface area contributed by atoms with Crippen molar-refractivity contribution in [3.8, 4) is 11.3 Å². The van der Waals surface area contributed by atoms with Crippen molar-refractivity contribution in [2.75, 3.05) is 5.75 Å². The SMILES string of the molecule is CC(CCc1ccccc1)NC(=O)CSc1nc(-c2ccccc2)c2cc(Cl)ccc2n1. The van der Waals surface area contributed by atoms with E-state index in [0.717, 1.165) is 35.0 Å². The lowest BCUT2D eigenvalue weighted by molar-refractivity contribution is -0.119. The number of aryl methyl sites for hydroxylation is 1. The molecule has 162 valence electrons. The van der Waals surface area contributed by atoms with E-state index in [1.165, 1.54) is 17.3 Å². The molecule has 0 saturated heterocycles. The van der Waals surface area contributed by atoms with E-state index < -0.39 is 0 Å². The molecule has 32 heavy (non-hydrogen) atoms. The minimum Gasteiger partial charge on any atom is -0.353 e.